The van der Waals surface area contributed by atoms with Gasteiger partial charge in [0.1, 0.15) is 5.75 Å². The fourth-order valence-corrected chi connectivity index (χ4v) is 5.23. The lowest BCUT2D eigenvalue weighted by Crippen LogP contribution is -2.40. The second-order valence-electron chi connectivity index (χ2n) is 7.11. The molecular weight excluding hydrogens is 390 g/mol. The lowest BCUT2D eigenvalue weighted by atomic mass is 10.0. The smallest absolute Gasteiger partial charge is 0.283 e. The Morgan fingerprint density at radius 2 is 1.83 bits per heavy atom. The molecule has 3 rings (SSSR count). The van der Waals surface area contributed by atoms with E-state index in [2.05, 4.69) is 5.32 Å². The van der Waals surface area contributed by atoms with Gasteiger partial charge in [-0.25, -0.2) is 0 Å². The molecule has 0 saturated carbocycles. The van der Waals surface area contributed by atoms with Crippen LogP contribution < -0.4 is 10.1 Å². The van der Waals surface area contributed by atoms with Crippen molar-refractivity contribution in [3.63, 3.8) is 0 Å². The summed E-state index contributed by atoms with van der Waals surface area (Å²) in [6.45, 7) is 4.67. The third kappa shape index (κ3) is 4.77. The van der Waals surface area contributed by atoms with Gasteiger partial charge >= 0.3 is 0 Å². The highest BCUT2D eigenvalue weighted by molar-refractivity contribution is 7.87. The Bertz CT molecular complexity index is 960. The van der Waals surface area contributed by atoms with Crippen molar-refractivity contribution in [3.8, 4) is 5.75 Å². The minimum absolute atomic E-state index is 0.185. The van der Waals surface area contributed by atoms with E-state index >= 15 is 0 Å². The van der Waals surface area contributed by atoms with Crippen LogP contribution in [0.2, 0.25) is 0 Å². The second kappa shape index (κ2) is 8.94. The molecule has 0 aliphatic carbocycles. The van der Waals surface area contributed by atoms with Crippen LogP contribution in [-0.2, 0) is 21.5 Å². The van der Waals surface area contributed by atoms with Gasteiger partial charge in [-0.15, -0.1) is 0 Å². The van der Waals surface area contributed by atoms with Crippen molar-refractivity contribution >= 4 is 16.1 Å². The van der Waals surface area contributed by atoms with Crippen molar-refractivity contribution in [2.24, 2.45) is 0 Å². The average Bonchev–Trinajstić information content (AvgIpc) is 3.00. The summed E-state index contributed by atoms with van der Waals surface area (Å²) in [6.07, 6.45) is 0. The van der Waals surface area contributed by atoms with Crippen LogP contribution in [0.5, 0.6) is 5.75 Å². The van der Waals surface area contributed by atoms with E-state index in [-0.39, 0.29) is 18.5 Å². The fourth-order valence-electron chi connectivity index (χ4n) is 3.51. The van der Waals surface area contributed by atoms with E-state index in [0.29, 0.717) is 19.6 Å². The van der Waals surface area contributed by atoms with Crippen molar-refractivity contribution < 1.29 is 17.9 Å². The molecule has 1 heterocycles. The molecule has 1 saturated heterocycles. The summed E-state index contributed by atoms with van der Waals surface area (Å²) in [5.41, 5.74) is 2.94. The van der Waals surface area contributed by atoms with Crippen LogP contribution in [-0.4, -0.2) is 49.7 Å². The normalized spacial score (nSPS) is 17.8. The van der Waals surface area contributed by atoms with E-state index in [1.165, 1.54) is 8.61 Å². The summed E-state index contributed by atoms with van der Waals surface area (Å²) in [4.78, 5) is 12.3. The molecule has 8 heteroatoms. The van der Waals surface area contributed by atoms with E-state index in [4.69, 9.17) is 4.74 Å². The molecule has 1 aliphatic rings. The van der Waals surface area contributed by atoms with E-state index in [1.807, 2.05) is 62.4 Å². The Hall–Kier alpha value is -2.42. The molecule has 2 aromatic carbocycles. The number of rotatable bonds is 7. The number of nitrogens with zero attached hydrogens (tertiary/aromatic N) is 2. The molecule has 1 aliphatic heterocycles. The van der Waals surface area contributed by atoms with Gasteiger partial charge in [-0.2, -0.15) is 17.0 Å². The molecule has 0 aromatic heterocycles. The summed E-state index contributed by atoms with van der Waals surface area (Å²) < 4.78 is 33.7. The first-order chi connectivity index (χ1) is 13.8. The van der Waals surface area contributed by atoms with Crippen LogP contribution in [0.15, 0.2) is 48.5 Å². The van der Waals surface area contributed by atoms with Crippen LogP contribution in [0.4, 0.5) is 0 Å². The molecule has 1 atom stereocenters. The van der Waals surface area contributed by atoms with Crippen LogP contribution >= 0.6 is 0 Å². The Morgan fingerprint density at radius 3 is 2.48 bits per heavy atom. The van der Waals surface area contributed by atoms with Gasteiger partial charge < -0.3 is 10.1 Å². The molecule has 1 N–H and O–H groups in total. The van der Waals surface area contributed by atoms with Crippen molar-refractivity contribution in [1.82, 2.24) is 13.9 Å². The number of hydrogen-bond donors (Lipinski definition) is 1. The average molecular weight is 418 g/mol. The SMILES string of the molecule is COc1ccc(CNC(=O)CN2CCN(C(C)c3ccccc3C)S2(=O)=O)cc1. The van der Waals surface area contributed by atoms with E-state index < -0.39 is 10.2 Å². The van der Waals surface area contributed by atoms with Gasteiger partial charge in [0.05, 0.1) is 13.7 Å². The van der Waals surface area contributed by atoms with Crippen LogP contribution in [0.3, 0.4) is 0 Å². The third-order valence-electron chi connectivity index (χ3n) is 5.23. The summed E-state index contributed by atoms with van der Waals surface area (Å²) in [6, 6.07) is 14.8. The molecule has 2 aromatic rings. The number of amides is 1. The molecule has 0 spiro atoms. The first kappa shape index (κ1) is 21.3. The van der Waals surface area contributed by atoms with Crippen molar-refractivity contribution in [2.45, 2.75) is 26.4 Å². The third-order valence-corrected chi connectivity index (χ3v) is 7.29. The summed E-state index contributed by atoms with van der Waals surface area (Å²) >= 11 is 0. The van der Waals surface area contributed by atoms with E-state index in [0.717, 1.165) is 22.4 Å². The van der Waals surface area contributed by atoms with Crippen LogP contribution in [0.1, 0.15) is 29.7 Å². The number of ether oxygens (including phenoxy) is 1. The Morgan fingerprint density at radius 1 is 1.14 bits per heavy atom. The number of aryl methyl sites for hydroxylation is 1. The number of nitrogens with one attached hydrogen (secondary N) is 1. The van der Waals surface area contributed by atoms with Crippen LogP contribution in [0.25, 0.3) is 0 Å². The second-order valence-corrected chi connectivity index (χ2v) is 8.99. The van der Waals surface area contributed by atoms with Crippen molar-refractivity contribution in [3.05, 3.63) is 65.2 Å². The van der Waals surface area contributed by atoms with Gasteiger partial charge in [0.2, 0.25) is 5.91 Å². The highest BCUT2D eigenvalue weighted by Crippen LogP contribution is 2.30. The molecule has 1 unspecified atom stereocenters. The molecule has 0 radical (unpaired) electrons. The molecule has 7 nitrogen and oxygen atoms in total. The summed E-state index contributed by atoms with van der Waals surface area (Å²) in [5.74, 6) is 0.417. The molecule has 1 amide bonds. The van der Waals surface area contributed by atoms with E-state index in [9.17, 15) is 13.2 Å². The predicted molar refractivity (Wildman–Crippen MR) is 112 cm³/mol. The molecule has 156 valence electrons. The highest BCUT2D eigenvalue weighted by Gasteiger charge is 2.40. The number of methoxy groups -OCH3 is 1. The largest absolute Gasteiger partial charge is 0.497 e. The number of carbonyl (C=O) groups excluding carboxylic acids is 1. The van der Waals surface area contributed by atoms with Gasteiger partial charge in [-0.05, 0) is 42.7 Å². The lowest BCUT2D eigenvalue weighted by molar-refractivity contribution is -0.121. The van der Waals surface area contributed by atoms with Gasteiger partial charge in [-0.1, -0.05) is 36.4 Å². The maximum atomic E-state index is 13.0. The fraction of sp³-hybridized carbons (Fsp3) is 0.381. The predicted octanol–water partition coefficient (Wildman–Crippen LogP) is 2.24. The molecular formula is C21H27N3O4S. The lowest BCUT2D eigenvalue weighted by Gasteiger charge is -2.25. The quantitative estimate of drug-likeness (QED) is 0.749. The number of hydrogen-bond acceptors (Lipinski definition) is 4. The Kier molecular flexibility index (Phi) is 6.56. The Labute approximate surface area is 172 Å². The van der Waals surface area contributed by atoms with Gasteiger partial charge in [0.25, 0.3) is 10.2 Å². The van der Waals surface area contributed by atoms with Crippen LogP contribution in [0, 0.1) is 6.92 Å². The zero-order valence-corrected chi connectivity index (χ0v) is 17.8. The molecule has 0 bridgehead atoms. The zero-order valence-electron chi connectivity index (χ0n) is 17.0. The standard InChI is InChI=1S/C21H27N3O4S/c1-16-6-4-5-7-20(16)17(2)24-13-12-23(29(24,26)27)15-21(25)22-14-18-8-10-19(28-3)11-9-18/h4-11,17H,12-15H2,1-3H3,(H,22,25). The summed E-state index contributed by atoms with van der Waals surface area (Å²) in [5, 5.41) is 2.78. The number of carbonyl (C=O) groups is 1. The minimum Gasteiger partial charge on any atom is -0.497 e. The first-order valence-corrected chi connectivity index (χ1v) is 10.9. The molecule has 29 heavy (non-hydrogen) atoms. The maximum absolute atomic E-state index is 13.0. The minimum atomic E-state index is -3.69. The Balaban J connectivity index is 1.60. The number of benzene rings is 2. The topological polar surface area (TPSA) is 79.0 Å². The zero-order chi connectivity index (χ0) is 21.0. The van der Waals surface area contributed by atoms with Gasteiger partial charge in [0.15, 0.2) is 0 Å². The maximum Gasteiger partial charge on any atom is 0.283 e. The highest BCUT2D eigenvalue weighted by atomic mass is 32.2. The monoisotopic (exact) mass is 417 g/mol. The van der Waals surface area contributed by atoms with Crippen molar-refractivity contribution in [1.29, 1.82) is 0 Å². The van der Waals surface area contributed by atoms with Gasteiger partial charge in [0, 0.05) is 25.7 Å². The van der Waals surface area contributed by atoms with Gasteiger partial charge in [-0.3, -0.25) is 4.79 Å². The van der Waals surface area contributed by atoms with Crippen molar-refractivity contribution in [2.75, 3.05) is 26.7 Å². The molecule has 1 fully saturated rings. The van der Waals surface area contributed by atoms with E-state index in [1.54, 1.807) is 7.11 Å². The first-order valence-electron chi connectivity index (χ1n) is 9.55. The summed E-state index contributed by atoms with van der Waals surface area (Å²) in [7, 11) is -2.10.